The highest BCUT2D eigenvalue weighted by molar-refractivity contribution is 5.93. The lowest BCUT2D eigenvalue weighted by Gasteiger charge is -2.09. The van der Waals surface area contributed by atoms with Crippen LogP contribution in [0.15, 0.2) is 53.3 Å². The van der Waals surface area contributed by atoms with Gasteiger partial charge in [0.15, 0.2) is 0 Å². The van der Waals surface area contributed by atoms with Gasteiger partial charge in [-0.1, -0.05) is 28.9 Å². The summed E-state index contributed by atoms with van der Waals surface area (Å²) >= 11 is 0. The van der Waals surface area contributed by atoms with Gasteiger partial charge < -0.3 is 9.84 Å². The zero-order chi connectivity index (χ0) is 16.2. The second-order valence-corrected chi connectivity index (χ2v) is 5.26. The number of benzene rings is 1. The third-order valence-electron chi connectivity index (χ3n) is 3.36. The molecule has 6 nitrogen and oxygen atoms in total. The lowest BCUT2D eigenvalue weighted by molar-refractivity contribution is 0.0932. The maximum atomic E-state index is 12.1. The first-order chi connectivity index (χ1) is 11.1. The molecule has 0 fully saturated rings. The van der Waals surface area contributed by atoms with Crippen molar-refractivity contribution < 1.29 is 9.32 Å². The topological polar surface area (TPSA) is 80.9 Å². The van der Waals surface area contributed by atoms with Gasteiger partial charge in [-0.15, -0.1) is 0 Å². The summed E-state index contributed by atoms with van der Waals surface area (Å²) < 4.78 is 5.27. The zero-order valence-corrected chi connectivity index (χ0v) is 12.9. The van der Waals surface area contributed by atoms with Crippen LogP contribution in [-0.2, 0) is 0 Å². The van der Waals surface area contributed by atoms with E-state index >= 15 is 0 Å². The summed E-state index contributed by atoms with van der Waals surface area (Å²) in [5, 5.41) is 6.79. The first kappa shape index (κ1) is 14.9. The molecule has 3 rings (SSSR count). The Kier molecular flexibility index (Phi) is 4.14. The number of carbonyl (C=O) groups is 1. The molecule has 1 N–H and O–H groups in total. The molecule has 0 saturated heterocycles. The second-order valence-electron chi connectivity index (χ2n) is 5.26. The van der Waals surface area contributed by atoms with Gasteiger partial charge in [0, 0.05) is 18.0 Å². The van der Waals surface area contributed by atoms with Crippen molar-refractivity contribution in [3.8, 4) is 11.4 Å². The minimum Gasteiger partial charge on any atom is -0.340 e. The fraction of sp³-hybridized carbons (Fsp3) is 0.176. The van der Waals surface area contributed by atoms with Gasteiger partial charge in [-0.25, -0.2) is 0 Å². The van der Waals surface area contributed by atoms with Crippen molar-refractivity contribution in [1.82, 2.24) is 20.4 Å². The Bertz CT molecular complexity index is 814. The highest BCUT2D eigenvalue weighted by Gasteiger charge is 2.18. The molecule has 3 aromatic rings. The van der Waals surface area contributed by atoms with E-state index in [-0.39, 0.29) is 5.91 Å². The van der Waals surface area contributed by atoms with Gasteiger partial charge in [0.2, 0.25) is 11.7 Å². The van der Waals surface area contributed by atoms with E-state index in [2.05, 4.69) is 20.4 Å². The van der Waals surface area contributed by atoms with Crippen molar-refractivity contribution in [1.29, 1.82) is 0 Å². The predicted molar refractivity (Wildman–Crippen MR) is 84.6 cm³/mol. The number of pyridine rings is 1. The van der Waals surface area contributed by atoms with Crippen LogP contribution in [0, 0.1) is 6.92 Å². The van der Waals surface area contributed by atoms with Crippen LogP contribution in [0.4, 0.5) is 0 Å². The first-order valence-corrected chi connectivity index (χ1v) is 7.25. The van der Waals surface area contributed by atoms with Crippen LogP contribution in [0.25, 0.3) is 11.4 Å². The number of aromatic nitrogens is 3. The minimum atomic E-state index is -0.395. The number of amides is 1. The average Bonchev–Trinajstić information content (AvgIpc) is 3.06. The van der Waals surface area contributed by atoms with Crippen LogP contribution in [0.2, 0.25) is 0 Å². The van der Waals surface area contributed by atoms with Crippen LogP contribution in [-0.4, -0.2) is 21.0 Å². The smallest absolute Gasteiger partial charge is 0.253 e. The monoisotopic (exact) mass is 308 g/mol. The van der Waals surface area contributed by atoms with E-state index in [9.17, 15) is 4.79 Å². The molecular weight excluding hydrogens is 292 g/mol. The molecule has 0 radical (unpaired) electrons. The third-order valence-corrected chi connectivity index (χ3v) is 3.36. The molecule has 0 aliphatic heterocycles. The number of rotatable bonds is 4. The Labute approximate surface area is 133 Å². The van der Waals surface area contributed by atoms with Crippen LogP contribution in [0.1, 0.15) is 34.8 Å². The van der Waals surface area contributed by atoms with Gasteiger partial charge in [0.25, 0.3) is 5.91 Å². The fourth-order valence-corrected chi connectivity index (χ4v) is 2.15. The summed E-state index contributed by atoms with van der Waals surface area (Å²) in [6.45, 7) is 3.79. The molecule has 1 amide bonds. The van der Waals surface area contributed by atoms with E-state index in [4.69, 9.17) is 4.52 Å². The maximum absolute atomic E-state index is 12.1. The Morgan fingerprint density at radius 3 is 2.87 bits per heavy atom. The van der Waals surface area contributed by atoms with Gasteiger partial charge in [0.1, 0.15) is 6.04 Å². The molecule has 0 spiro atoms. The maximum Gasteiger partial charge on any atom is 0.253 e. The Morgan fingerprint density at radius 1 is 1.26 bits per heavy atom. The van der Waals surface area contributed by atoms with Crippen molar-refractivity contribution in [3.05, 3.63) is 65.8 Å². The standard InChI is InChI=1S/C17H16N4O2/c1-11-5-3-6-13(9-11)15-20-17(23-21-15)12(2)19-16(22)14-7-4-8-18-10-14/h3-10,12H,1-2H3,(H,19,22). The zero-order valence-electron chi connectivity index (χ0n) is 12.9. The highest BCUT2D eigenvalue weighted by Crippen LogP contribution is 2.19. The minimum absolute atomic E-state index is 0.235. The van der Waals surface area contributed by atoms with E-state index in [0.29, 0.717) is 17.3 Å². The van der Waals surface area contributed by atoms with Crippen LogP contribution in [0.3, 0.4) is 0 Å². The quantitative estimate of drug-likeness (QED) is 0.801. The lowest BCUT2D eigenvalue weighted by Crippen LogP contribution is -2.26. The van der Waals surface area contributed by atoms with Crippen LogP contribution < -0.4 is 5.32 Å². The molecule has 0 aliphatic rings. The highest BCUT2D eigenvalue weighted by atomic mass is 16.5. The van der Waals surface area contributed by atoms with E-state index in [1.54, 1.807) is 25.3 Å². The Balaban J connectivity index is 1.74. The van der Waals surface area contributed by atoms with Crippen LogP contribution in [0.5, 0.6) is 0 Å². The molecule has 0 bridgehead atoms. The van der Waals surface area contributed by atoms with Gasteiger partial charge in [-0.2, -0.15) is 4.98 Å². The van der Waals surface area contributed by atoms with E-state index in [0.717, 1.165) is 11.1 Å². The first-order valence-electron chi connectivity index (χ1n) is 7.25. The third kappa shape index (κ3) is 3.42. The number of nitrogens with one attached hydrogen (secondary N) is 1. The predicted octanol–water partition coefficient (Wildman–Crippen LogP) is 2.93. The molecule has 0 saturated carbocycles. The van der Waals surface area contributed by atoms with Crippen molar-refractivity contribution in [3.63, 3.8) is 0 Å². The summed E-state index contributed by atoms with van der Waals surface area (Å²) in [6, 6.07) is 10.8. The SMILES string of the molecule is Cc1cccc(-c2noc(C(C)NC(=O)c3cccnc3)n2)c1. The number of hydrogen-bond donors (Lipinski definition) is 1. The normalized spacial score (nSPS) is 11.9. The summed E-state index contributed by atoms with van der Waals surface area (Å²) in [6.07, 6.45) is 3.13. The van der Waals surface area contributed by atoms with Gasteiger partial charge in [-0.05, 0) is 32.0 Å². The second kappa shape index (κ2) is 6.39. The molecule has 1 unspecified atom stereocenters. The number of aryl methyl sites for hydroxylation is 1. The van der Waals surface area contributed by atoms with Gasteiger partial charge in [-0.3, -0.25) is 9.78 Å². The van der Waals surface area contributed by atoms with E-state index in [1.165, 1.54) is 6.20 Å². The number of hydrogen-bond acceptors (Lipinski definition) is 5. The molecule has 116 valence electrons. The molecule has 23 heavy (non-hydrogen) atoms. The lowest BCUT2D eigenvalue weighted by atomic mass is 10.1. The van der Waals surface area contributed by atoms with E-state index < -0.39 is 6.04 Å². The van der Waals surface area contributed by atoms with Crippen LogP contribution >= 0.6 is 0 Å². The van der Waals surface area contributed by atoms with Crippen molar-refractivity contribution in [2.75, 3.05) is 0 Å². The Hall–Kier alpha value is -3.02. The van der Waals surface area contributed by atoms with Crippen molar-refractivity contribution in [2.45, 2.75) is 19.9 Å². The molecule has 0 aliphatic carbocycles. The molecule has 2 aromatic heterocycles. The van der Waals surface area contributed by atoms with Gasteiger partial charge >= 0.3 is 0 Å². The summed E-state index contributed by atoms with van der Waals surface area (Å²) in [4.78, 5) is 20.4. The average molecular weight is 308 g/mol. The molecule has 2 heterocycles. The van der Waals surface area contributed by atoms with Gasteiger partial charge in [0.05, 0.1) is 5.56 Å². The molecule has 1 aromatic carbocycles. The number of carbonyl (C=O) groups excluding carboxylic acids is 1. The molecule has 6 heteroatoms. The summed E-state index contributed by atoms with van der Waals surface area (Å²) in [7, 11) is 0. The largest absolute Gasteiger partial charge is 0.340 e. The van der Waals surface area contributed by atoms with Crippen molar-refractivity contribution >= 4 is 5.91 Å². The van der Waals surface area contributed by atoms with Crippen molar-refractivity contribution in [2.24, 2.45) is 0 Å². The number of nitrogens with zero attached hydrogens (tertiary/aromatic N) is 3. The molecular formula is C17H16N4O2. The fourth-order valence-electron chi connectivity index (χ4n) is 2.15. The van der Waals surface area contributed by atoms with E-state index in [1.807, 2.05) is 31.2 Å². The Morgan fingerprint density at radius 2 is 2.13 bits per heavy atom. The summed E-state index contributed by atoms with van der Waals surface area (Å²) in [5.74, 6) is 0.630. The summed E-state index contributed by atoms with van der Waals surface area (Å²) in [5.41, 5.74) is 2.48. The molecule has 1 atom stereocenters.